The summed E-state index contributed by atoms with van der Waals surface area (Å²) in [5, 5.41) is 10.2. The predicted molar refractivity (Wildman–Crippen MR) is 87.5 cm³/mol. The zero-order valence-electron chi connectivity index (χ0n) is 12.8. The Morgan fingerprint density at radius 2 is 1.48 bits per heavy atom. The number of methoxy groups -OCH3 is 1. The Hall–Kier alpha value is -2.06. The van der Waals surface area contributed by atoms with Crippen molar-refractivity contribution in [3.63, 3.8) is 0 Å². The third kappa shape index (κ3) is 4.20. The highest BCUT2D eigenvalue weighted by molar-refractivity contribution is 5.51. The van der Waals surface area contributed by atoms with Gasteiger partial charge in [-0.15, -0.1) is 0 Å². The molecule has 0 radical (unpaired) electrons. The van der Waals surface area contributed by atoms with E-state index >= 15 is 0 Å². The first kappa shape index (κ1) is 15.3. The molecule has 1 atom stereocenters. The summed E-state index contributed by atoms with van der Waals surface area (Å²) in [5.41, 5.74) is 3.26. The molecule has 0 aromatic heterocycles. The quantitative estimate of drug-likeness (QED) is 0.870. The van der Waals surface area contributed by atoms with Crippen LogP contribution >= 0.6 is 0 Å². The molecule has 0 aliphatic carbocycles. The van der Waals surface area contributed by atoms with E-state index in [-0.39, 0.29) is 0 Å². The van der Waals surface area contributed by atoms with Crippen LogP contribution in [0.5, 0.6) is 5.75 Å². The first-order chi connectivity index (χ1) is 10.1. The summed E-state index contributed by atoms with van der Waals surface area (Å²) in [6.45, 7) is 4.36. The first-order valence-corrected chi connectivity index (χ1v) is 7.20. The smallest absolute Gasteiger partial charge is 0.118 e. The van der Waals surface area contributed by atoms with Gasteiger partial charge in [0, 0.05) is 0 Å². The fourth-order valence-corrected chi connectivity index (χ4v) is 2.11. The number of hydrogen-bond acceptors (Lipinski definition) is 2. The number of hydrogen-bond donors (Lipinski definition) is 1. The molecule has 2 rings (SSSR count). The van der Waals surface area contributed by atoms with E-state index in [1.807, 2.05) is 30.3 Å². The van der Waals surface area contributed by atoms with Crippen molar-refractivity contribution in [3.8, 4) is 5.75 Å². The van der Waals surface area contributed by atoms with Crippen molar-refractivity contribution in [1.82, 2.24) is 0 Å². The van der Waals surface area contributed by atoms with Gasteiger partial charge in [-0.05, 0) is 34.7 Å². The highest BCUT2D eigenvalue weighted by atomic mass is 16.5. The minimum Gasteiger partial charge on any atom is -0.497 e. The summed E-state index contributed by atoms with van der Waals surface area (Å²) >= 11 is 0. The van der Waals surface area contributed by atoms with Crippen LogP contribution in [0.2, 0.25) is 0 Å². The van der Waals surface area contributed by atoms with Crippen LogP contribution in [0.15, 0.2) is 54.6 Å². The summed E-state index contributed by atoms with van der Waals surface area (Å²) < 4.78 is 5.11. The van der Waals surface area contributed by atoms with E-state index in [2.05, 4.69) is 38.1 Å². The highest BCUT2D eigenvalue weighted by Crippen LogP contribution is 2.20. The predicted octanol–water partition coefficient (Wildman–Crippen LogP) is 4.57. The Bertz CT molecular complexity index is 580. The van der Waals surface area contributed by atoms with Crippen molar-refractivity contribution in [2.24, 2.45) is 0 Å². The summed E-state index contributed by atoms with van der Waals surface area (Å²) in [7, 11) is 1.63. The lowest BCUT2D eigenvalue weighted by Crippen LogP contribution is -1.93. The van der Waals surface area contributed by atoms with Gasteiger partial charge < -0.3 is 9.84 Å². The van der Waals surface area contributed by atoms with Crippen LogP contribution in [0.1, 0.15) is 42.6 Å². The number of rotatable bonds is 5. The number of aliphatic hydroxyl groups excluding tert-OH is 1. The van der Waals surface area contributed by atoms with E-state index in [1.54, 1.807) is 13.2 Å². The van der Waals surface area contributed by atoms with Gasteiger partial charge in [-0.25, -0.2) is 0 Å². The SMILES string of the molecule is COc1ccc(C(O)/C=C/c2ccc(C(C)C)cc2)cc1. The topological polar surface area (TPSA) is 29.5 Å². The molecule has 0 bridgehead atoms. The van der Waals surface area contributed by atoms with E-state index in [0.29, 0.717) is 5.92 Å². The minimum absolute atomic E-state index is 0.535. The van der Waals surface area contributed by atoms with Crippen LogP contribution in [0, 0.1) is 0 Å². The maximum Gasteiger partial charge on any atom is 0.118 e. The van der Waals surface area contributed by atoms with E-state index in [9.17, 15) is 5.11 Å². The fraction of sp³-hybridized carbons (Fsp3) is 0.263. The number of benzene rings is 2. The van der Waals surface area contributed by atoms with Crippen molar-refractivity contribution in [2.75, 3.05) is 7.11 Å². The minimum atomic E-state index is -0.610. The van der Waals surface area contributed by atoms with Crippen LogP contribution < -0.4 is 4.74 Å². The second kappa shape index (κ2) is 7.09. The standard InChI is InChI=1S/C19H22O2/c1-14(2)16-7-4-15(5-8-16)6-13-19(20)17-9-11-18(21-3)12-10-17/h4-14,19-20H,1-3H3/b13-6+. The van der Waals surface area contributed by atoms with Crippen LogP contribution in [0.25, 0.3) is 6.08 Å². The Morgan fingerprint density at radius 3 is 2.00 bits per heavy atom. The molecule has 0 heterocycles. The maximum absolute atomic E-state index is 10.2. The first-order valence-electron chi connectivity index (χ1n) is 7.20. The molecule has 21 heavy (non-hydrogen) atoms. The number of ether oxygens (including phenoxy) is 1. The van der Waals surface area contributed by atoms with Crippen molar-refractivity contribution in [1.29, 1.82) is 0 Å². The lowest BCUT2D eigenvalue weighted by atomic mass is 10.0. The van der Waals surface area contributed by atoms with Gasteiger partial charge in [-0.2, -0.15) is 0 Å². The molecule has 2 aromatic carbocycles. The molecule has 0 fully saturated rings. The summed E-state index contributed by atoms with van der Waals surface area (Å²) in [6, 6.07) is 15.9. The van der Waals surface area contributed by atoms with Crippen LogP contribution in [-0.4, -0.2) is 12.2 Å². The van der Waals surface area contributed by atoms with Crippen LogP contribution in [-0.2, 0) is 0 Å². The lowest BCUT2D eigenvalue weighted by Gasteiger charge is -2.08. The van der Waals surface area contributed by atoms with Crippen LogP contribution in [0.4, 0.5) is 0 Å². The Morgan fingerprint density at radius 1 is 0.905 bits per heavy atom. The molecule has 0 amide bonds. The van der Waals surface area contributed by atoms with Gasteiger partial charge in [-0.3, -0.25) is 0 Å². The molecule has 2 nitrogen and oxygen atoms in total. The van der Waals surface area contributed by atoms with Crippen molar-refractivity contribution in [2.45, 2.75) is 25.9 Å². The molecular formula is C19H22O2. The van der Waals surface area contributed by atoms with Gasteiger partial charge >= 0.3 is 0 Å². The molecule has 2 heteroatoms. The second-order valence-electron chi connectivity index (χ2n) is 5.40. The van der Waals surface area contributed by atoms with Gasteiger partial charge in [0.1, 0.15) is 5.75 Å². The largest absolute Gasteiger partial charge is 0.497 e. The Balaban J connectivity index is 2.05. The summed E-state index contributed by atoms with van der Waals surface area (Å²) in [5.74, 6) is 1.33. The molecular weight excluding hydrogens is 260 g/mol. The third-order valence-electron chi connectivity index (χ3n) is 3.53. The third-order valence-corrected chi connectivity index (χ3v) is 3.53. The van der Waals surface area contributed by atoms with Crippen molar-refractivity contribution >= 4 is 6.08 Å². The van der Waals surface area contributed by atoms with Gasteiger partial charge in [0.05, 0.1) is 13.2 Å². The fourth-order valence-electron chi connectivity index (χ4n) is 2.11. The lowest BCUT2D eigenvalue weighted by molar-refractivity contribution is 0.229. The van der Waals surface area contributed by atoms with Gasteiger partial charge in [0.25, 0.3) is 0 Å². The summed E-state index contributed by atoms with van der Waals surface area (Å²) in [6.07, 6.45) is 3.13. The van der Waals surface area contributed by atoms with E-state index < -0.39 is 6.10 Å². The van der Waals surface area contributed by atoms with Gasteiger partial charge in [0.2, 0.25) is 0 Å². The van der Waals surface area contributed by atoms with Gasteiger partial charge in [0.15, 0.2) is 0 Å². The van der Waals surface area contributed by atoms with Crippen LogP contribution in [0.3, 0.4) is 0 Å². The Labute approximate surface area is 126 Å². The zero-order valence-corrected chi connectivity index (χ0v) is 12.8. The Kier molecular flexibility index (Phi) is 5.18. The molecule has 0 aliphatic heterocycles. The van der Waals surface area contributed by atoms with E-state index in [4.69, 9.17) is 4.74 Å². The maximum atomic E-state index is 10.2. The molecule has 0 saturated heterocycles. The van der Waals surface area contributed by atoms with Crippen molar-refractivity contribution in [3.05, 3.63) is 71.3 Å². The normalized spacial score (nSPS) is 12.8. The summed E-state index contributed by atoms with van der Waals surface area (Å²) in [4.78, 5) is 0. The molecule has 2 aromatic rings. The molecule has 0 aliphatic rings. The molecule has 1 N–H and O–H groups in total. The van der Waals surface area contributed by atoms with Gasteiger partial charge in [-0.1, -0.05) is 62.4 Å². The average Bonchev–Trinajstić information content (AvgIpc) is 2.53. The molecule has 0 saturated carbocycles. The highest BCUT2D eigenvalue weighted by Gasteiger charge is 2.03. The molecule has 110 valence electrons. The van der Waals surface area contributed by atoms with E-state index in [1.165, 1.54) is 5.56 Å². The average molecular weight is 282 g/mol. The molecule has 0 spiro atoms. The number of aliphatic hydroxyl groups is 1. The van der Waals surface area contributed by atoms with Crippen molar-refractivity contribution < 1.29 is 9.84 Å². The van der Waals surface area contributed by atoms with E-state index in [0.717, 1.165) is 16.9 Å². The molecule has 1 unspecified atom stereocenters. The zero-order chi connectivity index (χ0) is 15.2. The monoisotopic (exact) mass is 282 g/mol. The second-order valence-corrected chi connectivity index (χ2v) is 5.40.